The van der Waals surface area contributed by atoms with Crippen molar-refractivity contribution in [2.24, 2.45) is 11.7 Å². The molecule has 1 amide bonds. The maximum absolute atomic E-state index is 12.5. The second kappa shape index (κ2) is 7.70. The molecule has 1 saturated carbocycles. The normalized spacial score (nSPS) is 20.0. The Balaban J connectivity index is 1.51. The first-order valence-electron chi connectivity index (χ1n) is 8.77. The smallest absolute Gasteiger partial charge is 0.224 e. The summed E-state index contributed by atoms with van der Waals surface area (Å²) < 4.78 is 5.22. The molecule has 2 aromatic carbocycles. The van der Waals surface area contributed by atoms with Crippen LogP contribution in [0.3, 0.4) is 0 Å². The number of nitrogens with two attached hydrogens (primary N) is 1. The Labute approximate surface area is 149 Å². The Kier molecular flexibility index (Phi) is 5.39. The average Bonchev–Trinajstić information content (AvgIpc) is 3.41. The minimum Gasteiger partial charge on any atom is -0.497 e. The molecule has 1 fully saturated rings. The zero-order valence-corrected chi connectivity index (χ0v) is 14.9. The highest BCUT2D eigenvalue weighted by Crippen LogP contribution is 2.47. The predicted molar refractivity (Wildman–Crippen MR) is 99.5 cm³/mol. The SMILES string of the molecule is COc1cccc([C@H](N)CC(=O)N(C)C[C@@H]2C[C@H]2c2ccccc2)c1. The van der Waals surface area contributed by atoms with E-state index in [0.29, 0.717) is 18.3 Å². The van der Waals surface area contributed by atoms with Crippen LogP contribution in [0.15, 0.2) is 54.6 Å². The summed E-state index contributed by atoms with van der Waals surface area (Å²) in [6.07, 6.45) is 1.47. The molecule has 0 heterocycles. The molecule has 0 saturated heterocycles. The van der Waals surface area contributed by atoms with E-state index in [1.165, 1.54) is 5.56 Å². The van der Waals surface area contributed by atoms with Gasteiger partial charge in [0.2, 0.25) is 5.91 Å². The van der Waals surface area contributed by atoms with Crippen molar-refractivity contribution < 1.29 is 9.53 Å². The summed E-state index contributed by atoms with van der Waals surface area (Å²) in [6.45, 7) is 0.795. The molecule has 4 nitrogen and oxygen atoms in total. The first-order chi connectivity index (χ1) is 12.1. The number of carbonyl (C=O) groups excluding carboxylic acids is 1. The minimum atomic E-state index is -0.311. The lowest BCUT2D eigenvalue weighted by Gasteiger charge is -2.20. The van der Waals surface area contributed by atoms with Crippen LogP contribution in [-0.2, 0) is 4.79 Å². The van der Waals surface area contributed by atoms with E-state index in [1.54, 1.807) is 7.11 Å². The van der Waals surface area contributed by atoms with Gasteiger partial charge in [0.15, 0.2) is 0 Å². The highest BCUT2D eigenvalue weighted by atomic mass is 16.5. The maximum atomic E-state index is 12.5. The molecule has 2 N–H and O–H groups in total. The van der Waals surface area contributed by atoms with Crippen LogP contribution in [0.25, 0.3) is 0 Å². The number of methoxy groups -OCH3 is 1. The monoisotopic (exact) mass is 338 g/mol. The number of benzene rings is 2. The number of ether oxygens (including phenoxy) is 1. The lowest BCUT2D eigenvalue weighted by molar-refractivity contribution is -0.130. The quantitative estimate of drug-likeness (QED) is 0.842. The van der Waals surface area contributed by atoms with Gasteiger partial charge in [-0.2, -0.15) is 0 Å². The highest BCUT2D eigenvalue weighted by Gasteiger charge is 2.39. The van der Waals surface area contributed by atoms with Crippen molar-refractivity contribution in [2.45, 2.75) is 24.8 Å². The molecular formula is C21H26N2O2. The van der Waals surface area contributed by atoms with Gasteiger partial charge in [-0.25, -0.2) is 0 Å². The summed E-state index contributed by atoms with van der Waals surface area (Å²) in [5.41, 5.74) is 8.52. The van der Waals surface area contributed by atoms with Crippen LogP contribution in [0.4, 0.5) is 0 Å². The van der Waals surface area contributed by atoms with Gasteiger partial charge in [0.1, 0.15) is 5.75 Å². The maximum Gasteiger partial charge on any atom is 0.224 e. The van der Waals surface area contributed by atoms with Crippen molar-refractivity contribution in [1.29, 1.82) is 0 Å². The Hall–Kier alpha value is -2.33. The molecule has 0 aliphatic heterocycles. The van der Waals surface area contributed by atoms with E-state index in [-0.39, 0.29) is 11.9 Å². The van der Waals surface area contributed by atoms with Crippen LogP contribution < -0.4 is 10.5 Å². The van der Waals surface area contributed by atoms with Crippen LogP contribution in [0.5, 0.6) is 5.75 Å². The van der Waals surface area contributed by atoms with E-state index in [4.69, 9.17) is 10.5 Å². The molecule has 3 atom stereocenters. The van der Waals surface area contributed by atoms with Crippen LogP contribution in [0.1, 0.15) is 35.9 Å². The third kappa shape index (κ3) is 4.40. The summed E-state index contributed by atoms with van der Waals surface area (Å²) in [6, 6.07) is 17.8. The van der Waals surface area contributed by atoms with Gasteiger partial charge < -0.3 is 15.4 Å². The molecule has 25 heavy (non-hydrogen) atoms. The fourth-order valence-electron chi connectivity index (χ4n) is 3.35. The van der Waals surface area contributed by atoms with Crippen molar-refractivity contribution >= 4 is 5.91 Å². The molecule has 3 rings (SSSR count). The van der Waals surface area contributed by atoms with Gasteiger partial charge in [0.05, 0.1) is 7.11 Å². The largest absolute Gasteiger partial charge is 0.497 e. The number of hydrogen-bond donors (Lipinski definition) is 1. The van der Waals surface area contributed by atoms with Gasteiger partial charge >= 0.3 is 0 Å². The molecule has 0 aromatic heterocycles. The molecule has 0 unspecified atom stereocenters. The van der Waals surface area contributed by atoms with E-state index < -0.39 is 0 Å². The third-order valence-corrected chi connectivity index (χ3v) is 5.00. The van der Waals surface area contributed by atoms with E-state index >= 15 is 0 Å². The van der Waals surface area contributed by atoms with Crippen molar-refractivity contribution in [3.63, 3.8) is 0 Å². The summed E-state index contributed by atoms with van der Waals surface area (Å²) in [5.74, 6) is 2.00. The van der Waals surface area contributed by atoms with Gasteiger partial charge in [0.25, 0.3) is 0 Å². The zero-order chi connectivity index (χ0) is 17.8. The second-order valence-electron chi connectivity index (χ2n) is 6.87. The molecule has 0 bridgehead atoms. The molecule has 4 heteroatoms. The second-order valence-corrected chi connectivity index (χ2v) is 6.87. The Morgan fingerprint density at radius 1 is 1.24 bits per heavy atom. The number of rotatable bonds is 7. The van der Waals surface area contributed by atoms with Crippen LogP contribution in [0, 0.1) is 5.92 Å². The van der Waals surface area contributed by atoms with E-state index in [9.17, 15) is 4.79 Å². The number of amides is 1. The van der Waals surface area contributed by atoms with Gasteiger partial charge in [-0.05, 0) is 41.5 Å². The molecule has 1 aliphatic rings. The van der Waals surface area contributed by atoms with Crippen LogP contribution >= 0.6 is 0 Å². The average molecular weight is 338 g/mol. The zero-order valence-electron chi connectivity index (χ0n) is 14.9. The predicted octanol–water partition coefficient (Wildman–Crippen LogP) is 3.35. The third-order valence-electron chi connectivity index (χ3n) is 5.00. The van der Waals surface area contributed by atoms with E-state index in [2.05, 4.69) is 24.3 Å². The molecule has 0 spiro atoms. The van der Waals surface area contributed by atoms with Crippen LogP contribution in [0.2, 0.25) is 0 Å². The summed E-state index contributed by atoms with van der Waals surface area (Å²) in [4.78, 5) is 14.3. The fraction of sp³-hybridized carbons (Fsp3) is 0.381. The fourth-order valence-corrected chi connectivity index (χ4v) is 3.35. The molecule has 2 aromatic rings. The summed E-state index contributed by atoms with van der Waals surface area (Å²) in [7, 11) is 3.50. The molecule has 1 aliphatic carbocycles. The Morgan fingerprint density at radius 3 is 2.72 bits per heavy atom. The van der Waals surface area contributed by atoms with Gasteiger partial charge in [-0.15, -0.1) is 0 Å². The van der Waals surface area contributed by atoms with Crippen molar-refractivity contribution in [3.8, 4) is 5.75 Å². The molecule has 132 valence electrons. The first kappa shape index (κ1) is 17.5. The van der Waals surface area contributed by atoms with Gasteiger partial charge in [0, 0.05) is 26.1 Å². The lowest BCUT2D eigenvalue weighted by Crippen LogP contribution is -2.31. The standard InChI is InChI=1S/C21H26N2O2/c1-23(14-17-12-19(17)15-7-4-3-5-8-15)21(24)13-20(22)16-9-6-10-18(11-16)25-2/h3-11,17,19-20H,12-14,22H2,1-2H3/t17-,19-,20+/m0/s1. The van der Waals surface area contributed by atoms with Gasteiger partial charge in [-0.3, -0.25) is 4.79 Å². The topological polar surface area (TPSA) is 55.6 Å². The lowest BCUT2D eigenvalue weighted by atomic mass is 10.0. The Morgan fingerprint density at radius 2 is 2.00 bits per heavy atom. The number of hydrogen-bond acceptors (Lipinski definition) is 3. The van der Waals surface area contributed by atoms with Gasteiger partial charge in [-0.1, -0.05) is 42.5 Å². The van der Waals surface area contributed by atoms with E-state index in [0.717, 1.165) is 24.3 Å². The summed E-state index contributed by atoms with van der Waals surface area (Å²) >= 11 is 0. The van der Waals surface area contributed by atoms with Crippen molar-refractivity contribution in [2.75, 3.05) is 20.7 Å². The van der Waals surface area contributed by atoms with E-state index in [1.807, 2.05) is 42.3 Å². The minimum absolute atomic E-state index is 0.0917. The first-order valence-corrected chi connectivity index (χ1v) is 8.77. The van der Waals surface area contributed by atoms with Crippen LogP contribution in [-0.4, -0.2) is 31.5 Å². The molecular weight excluding hydrogens is 312 g/mol. The molecule has 0 radical (unpaired) electrons. The van der Waals surface area contributed by atoms with Crippen molar-refractivity contribution in [1.82, 2.24) is 4.90 Å². The summed E-state index contributed by atoms with van der Waals surface area (Å²) in [5, 5.41) is 0. The Bertz CT molecular complexity index is 717. The van der Waals surface area contributed by atoms with Crippen molar-refractivity contribution in [3.05, 3.63) is 65.7 Å². The highest BCUT2D eigenvalue weighted by molar-refractivity contribution is 5.76. The number of nitrogens with zero attached hydrogens (tertiary/aromatic N) is 1. The number of carbonyl (C=O) groups is 1.